The van der Waals surface area contributed by atoms with Gasteiger partial charge in [0.15, 0.2) is 0 Å². The number of phenols is 1. The van der Waals surface area contributed by atoms with Crippen LogP contribution in [0.2, 0.25) is 0 Å². The summed E-state index contributed by atoms with van der Waals surface area (Å²) in [6, 6.07) is 14.9. The second-order valence-corrected chi connectivity index (χ2v) is 4.47. The van der Waals surface area contributed by atoms with Gasteiger partial charge in [0.1, 0.15) is 5.75 Å². The predicted molar refractivity (Wildman–Crippen MR) is 79.4 cm³/mol. The van der Waals surface area contributed by atoms with Gasteiger partial charge in [-0.15, -0.1) is 0 Å². The first-order valence-electron chi connectivity index (χ1n) is 6.44. The van der Waals surface area contributed by atoms with E-state index in [4.69, 9.17) is 5.11 Å². The molecule has 20 heavy (non-hydrogen) atoms. The van der Waals surface area contributed by atoms with Crippen molar-refractivity contribution in [3.63, 3.8) is 0 Å². The van der Waals surface area contributed by atoms with Crippen LogP contribution >= 0.6 is 0 Å². The van der Waals surface area contributed by atoms with Crippen molar-refractivity contribution in [2.24, 2.45) is 0 Å². The third-order valence-electron chi connectivity index (χ3n) is 3.12. The van der Waals surface area contributed by atoms with Crippen LogP contribution in [0.15, 0.2) is 54.1 Å². The minimum Gasteiger partial charge on any atom is -0.507 e. The minimum atomic E-state index is -0.961. The van der Waals surface area contributed by atoms with Crippen molar-refractivity contribution in [2.45, 2.75) is 13.3 Å². The van der Waals surface area contributed by atoms with Crippen molar-refractivity contribution in [1.29, 1.82) is 0 Å². The average molecular weight is 268 g/mol. The zero-order valence-corrected chi connectivity index (χ0v) is 11.2. The zero-order valence-electron chi connectivity index (χ0n) is 11.2. The van der Waals surface area contributed by atoms with Crippen molar-refractivity contribution in [3.8, 4) is 16.9 Å². The van der Waals surface area contributed by atoms with Crippen molar-refractivity contribution in [2.75, 3.05) is 0 Å². The van der Waals surface area contributed by atoms with Crippen LogP contribution in [0.5, 0.6) is 5.75 Å². The molecule has 0 saturated heterocycles. The third-order valence-corrected chi connectivity index (χ3v) is 3.12. The molecule has 0 saturated carbocycles. The first-order valence-corrected chi connectivity index (χ1v) is 6.44. The number of carbonyl (C=O) groups is 1. The van der Waals surface area contributed by atoms with E-state index in [9.17, 15) is 9.90 Å². The molecule has 0 aromatic heterocycles. The lowest BCUT2D eigenvalue weighted by Crippen LogP contribution is -1.98. The number of carboxylic acid groups (broad SMARTS) is 1. The Hall–Kier alpha value is -2.55. The molecule has 2 rings (SSSR count). The summed E-state index contributed by atoms with van der Waals surface area (Å²) in [5.74, 6) is -0.881. The molecule has 0 unspecified atom stereocenters. The lowest BCUT2D eigenvalue weighted by Gasteiger charge is -2.06. The second kappa shape index (κ2) is 6.06. The summed E-state index contributed by atoms with van der Waals surface area (Å²) in [6.07, 6.45) is 1.93. The van der Waals surface area contributed by atoms with E-state index in [1.165, 1.54) is 6.08 Å². The number of phenolic OH excluding ortho intramolecular Hbond substituents is 1. The number of benzene rings is 2. The highest BCUT2D eigenvalue weighted by Gasteiger charge is 2.08. The number of carboxylic acids is 1. The summed E-state index contributed by atoms with van der Waals surface area (Å²) in [4.78, 5) is 11.1. The summed E-state index contributed by atoms with van der Waals surface area (Å²) in [6.45, 7) is 1.78. The Morgan fingerprint density at radius 1 is 1.10 bits per heavy atom. The predicted octanol–water partition coefficient (Wildman–Crippen LogP) is 3.94. The molecule has 0 spiro atoms. The van der Waals surface area contributed by atoms with E-state index >= 15 is 0 Å². The maximum atomic E-state index is 11.1. The molecule has 0 bridgehead atoms. The Bertz CT molecular complexity index is 643. The van der Waals surface area contributed by atoms with Crippen LogP contribution in [0, 0.1) is 0 Å². The summed E-state index contributed by atoms with van der Waals surface area (Å²) in [7, 11) is 0. The second-order valence-electron chi connectivity index (χ2n) is 4.47. The van der Waals surface area contributed by atoms with E-state index in [-0.39, 0.29) is 11.3 Å². The highest BCUT2D eigenvalue weighted by molar-refractivity contribution is 5.92. The van der Waals surface area contributed by atoms with Crippen molar-refractivity contribution >= 4 is 12.0 Å². The molecule has 0 radical (unpaired) electrons. The van der Waals surface area contributed by atoms with Gasteiger partial charge in [0.05, 0.1) is 0 Å². The van der Waals surface area contributed by atoms with E-state index in [0.29, 0.717) is 12.0 Å². The topological polar surface area (TPSA) is 57.5 Å². The fraction of sp³-hybridized carbons (Fsp3) is 0.118. The van der Waals surface area contributed by atoms with Crippen LogP contribution in [0.4, 0.5) is 0 Å². The van der Waals surface area contributed by atoms with Gasteiger partial charge < -0.3 is 10.2 Å². The molecule has 0 aliphatic rings. The smallest absolute Gasteiger partial charge is 0.331 e. The molecule has 0 fully saturated rings. The van der Waals surface area contributed by atoms with Crippen LogP contribution in [-0.4, -0.2) is 16.2 Å². The number of hydrogen-bond acceptors (Lipinski definition) is 2. The van der Waals surface area contributed by atoms with Gasteiger partial charge in [-0.3, -0.25) is 0 Å². The van der Waals surface area contributed by atoms with Crippen LogP contribution < -0.4 is 0 Å². The first-order chi connectivity index (χ1) is 9.61. The molecule has 0 aliphatic carbocycles. The lowest BCUT2D eigenvalue weighted by atomic mass is 10.0. The molecular formula is C17H16O3. The average Bonchev–Trinajstić information content (AvgIpc) is 2.47. The van der Waals surface area contributed by atoms with Gasteiger partial charge in [-0.05, 0) is 35.8 Å². The van der Waals surface area contributed by atoms with Gasteiger partial charge in [0.25, 0.3) is 0 Å². The molecule has 2 aromatic rings. The van der Waals surface area contributed by atoms with E-state index in [1.54, 1.807) is 19.1 Å². The number of hydrogen-bond donors (Lipinski definition) is 2. The first kappa shape index (κ1) is 13.9. The monoisotopic (exact) mass is 268 g/mol. The summed E-state index contributed by atoms with van der Waals surface area (Å²) >= 11 is 0. The third kappa shape index (κ3) is 3.06. The molecule has 2 aromatic carbocycles. The van der Waals surface area contributed by atoms with Crippen LogP contribution in [0.3, 0.4) is 0 Å². The molecule has 3 heteroatoms. The molecule has 3 nitrogen and oxygen atoms in total. The SMILES string of the molecule is CCC(=Cc1cc(-c2ccccc2)ccc1O)C(=O)O. The number of rotatable bonds is 4. The Kier molecular flexibility index (Phi) is 4.20. The standard InChI is InChI=1S/C17H16O3/c1-2-12(17(19)20)10-15-11-14(8-9-16(15)18)13-6-4-3-5-7-13/h3-11,18H,2H2,1H3,(H,19,20). The van der Waals surface area contributed by atoms with Crippen molar-refractivity contribution in [3.05, 3.63) is 59.7 Å². The van der Waals surface area contributed by atoms with E-state index in [0.717, 1.165) is 11.1 Å². The van der Waals surface area contributed by atoms with Gasteiger partial charge in [-0.2, -0.15) is 0 Å². The van der Waals surface area contributed by atoms with Gasteiger partial charge >= 0.3 is 5.97 Å². The largest absolute Gasteiger partial charge is 0.507 e. The Morgan fingerprint density at radius 3 is 2.40 bits per heavy atom. The molecule has 0 heterocycles. The van der Waals surface area contributed by atoms with Crippen molar-refractivity contribution < 1.29 is 15.0 Å². The van der Waals surface area contributed by atoms with E-state index in [1.807, 2.05) is 36.4 Å². The molecule has 0 atom stereocenters. The molecule has 0 aliphatic heterocycles. The van der Waals surface area contributed by atoms with E-state index in [2.05, 4.69) is 0 Å². The normalized spacial score (nSPS) is 11.3. The molecule has 102 valence electrons. The van der Waals surface area contributed by atoms with Crippen LogP contribution in [0.1, 0.15) is 18.9 Å². The quantitative estimate of drug-likeness (QED) is 0.826. The Balaban J connectivity index is 2.47. The van der Waals surface area contributed by atoms with Gasteiger partial charge in [-0.1, -0.05) is 43.3 Å². The van der Waals surface area contributed by atoms with Gasteiger partial charge in [0.2, 0.25) is 0 Å². The van der Waals surface area contributed by atoms with Crippen LogP contribution in [0.25, 0.3) is 17.2 Å². The van der Waals surface area contributed by atoms with Crippen molar-refractivity contribution in [1.82, 2.24) is 0 Å². The highest BCUT2D eigenvalue weighted by Crippen LogP contribution is 2.27. The highest BCUT2D eigenvalue weighted by atomic mass is 16.4. The zero-order chi connectivity index (χ0) is 14.5. The molecule has 0 amide bonds. The summed E-state index contributed by atoms with van der Waals surface area (Å²) < 4.78 is 0. The maximum absolute atomic E-state index is 11.1. The fourth-order valence-electron chi connectivity index (χ4n) is 1.98. The summed E-state index contributed by atoms with van der Waals surface area (Å²) in [5, 5.41) is 18.9. The fourth-order valence-corrected chi connectivity index (χ4v) is 1.98. The van der Waals surface area contributed by atoms with Crippen LogP contribution in [-0.2, 0) is 4.79 Å². The van der Waals surface area contributed by atoms with E-state index < -0.39 is 5.97 Å². The number of aromatic hydroxyl groups is 1. The minimum absolute atomic E-state index is 0.0804. The molecule has 2 N–H and O–H groups in total. The number of aliphatic carboxylic acids is 1. The van der Waals surface area contributed by atoms with Gasteiger partial charge in [-0.25, -0.2) is 4.79 Å². The Morgan fingerprint density at radius 2 is 1.80 bits per heavy atom. The Labute approximate surface area is 117 Å². The van der Waals surface area contributed by atoms with Gasteiger partial charge in [0, 0.05) is 11.1 Å². The maximum Gasteiger partial charge on any atom is 0.331 e. The summed E-state index contributed by atoms with van der Waals surface area (Å²) in [5.41, 5.74) is 2.75. The molecular weight excluding hydrogens is 252 g/mol. The lowest BCUT2D eigenvalue weighted by molar-refractivity contribution is -0.132.